The van der Waals surface area contributed by atoms with Crippen molar-refractivity contribution >= 4 is 5.97 Å². The van der Waals surface area contributed by atoms with E-state index in [-0.39, 0.29) is 12.5 Å². The maximum atomic E-state index is 10.7. The quantitative estimate of drug-likeness (QED) is 0.654. The molecule has 0 spiro atoms. The van der Waals surface area contributed by atoms with Gasteiger partial charge in [-0.05, 0) is 36.4 Å². The fraction of sp³-hybridized carbons (Fsp3) is 0.588. The Hall–Kier alpha value is -1.39. The van der Waals surface area contributed by atoms with Gasteiger partial charge in [0.05, 0.1) is 6.10 Å². The second kappa shape index (κ2) is 8.80. The van der Waals surface area contributed by atoms with E-state index < -0.39 is 12.1 Å². The SMILES string of the molecule is CCCNC(CCC(=O)O)C(O)c1ccc(C(C)C)cc1. The summed E-state index contributed by atoms with van der Waals surface area (Å²) in [6.45, 7) is 7.07. The van der Waals surface area contributed by atoms with Crippen LogP contribution in [0, 0.1) is 0 Å². The lowest BCUT2D eigenvalue weighted by Crippen LogP contribution is -2.36. The highest BCUT2D eigenvalue weighted by atomic mass is 16.4. The van der Waals surface area contributed by atoms with E-state index in [1.165, 1.54) is 5.56 Å². The maximum Gasteiger partial charge on any atom is 0.303 e. The average Bonchev–Trinajstić information content (AvgIpc) is 2.46. The first-order chi connectivity index (χ1) is 9.95. The summed E-state index contributed by atoms with van der Waals surface area (Å²) in [6.07, 6.45) is 0.741. The third-order valence-corrected chi connectivity index (χ3v) is 3.65. The molecule has 1 aromatic rings. The summed E-state index contributed by atoms with van der Waals surface area (Å²) in [6, 6.07) is 7.68. The number of aliphatic hydroxyl groups is 1. The minimum Gasteiger partial charge on any atom is -0.481 e. The van der Waals surface area contributed by atoms with Crippen molar-refractivity contribution in [3.63, 3.8) is 0 Å². The lowest BCUT2D eigenvalue weighted by Gasteiger charge is -2.24. The molecule has 118 valence electrons. The van der Waals surface area contributed by atoms with Crippen molar-refractivity contribution in [1.29, 1.82) is 0 Å². The van der Waals surface area contributed by atoms with Crippen molar-refractivity contribution < 1.29 is 15.0 Å². The Balaban J connectivity index is 2.77. The van der Waals surface area contributed by atoms with Gasteiger partial charge in [0.25, 0.3) is 0 Å². The zero-order chi connectivity index (χ0) is 15.8. The molecule has 4 heteroatoms. The fourth-order valence-corrected chi connectivity index (χ4v) is 2.29. The molecule has 0 saturated carbocycles. The molecule has 2 unspecified atom stereocenters. The van der Waals surface area contributed by atoms with E-state index in [2.05, 4.69) is 19.2 Å². The van der Waals surface area contributed by atoms with E-state index in [0.717, 1.165) is 18.5 Å². The Morgan fingerprint density at radius 1 is 1.19 bits per heavy atom. The first-order valence-electron chi connectivity index (χ1n) is 7.68. The first-order valence-corrected chi connectivity index (χ1v) is 7.68. The molecule has 0 heterocycles. The number of aliphatic hydroxyl groups excluding tert-OH is 1. The fourth-order valence-electron chi connectivity index (χ4n) is 2.29. The average molecular weight is 293 g/mol. The Labute approximate surface area is 127 Å². The van der Waals surface area contributed by atoms with Crippen LogP contribution in [0.5, 0.6) is 0 Å². The topological polar surface area (TPSA) is 69.6 Å². The van der Waals surface area contributed by atoms with Crippen LogP contribution in [-0.4, -0.2) is 28.8 Å². The summed E-state index contributed by atoms with van der Waals surface area (Å²) in [7, 11) is 0. The lowest BCUT2D eigenvalue weighted by molar-refractivity contribution is -0.137. The van der Waals surface area contributed by atoms with Crippen molar-refractivity contribution in [3.05, 3.63) is 35.4 Å². The van der Waals surface area contributed by atoms with Gasteiger partial charge in [-0.15, -0.1) is 0 Å². The maximum absolute atomic E-state index is 10.7. The van der Waals surface area contributed by atoms with Gasteiger partial charge in [-0.2, -0.15) is 0 Å². The minimum atomic E-state index is -0.833. The third kappa shape index (κ3) is 5.86. The molecule has 1 aromatic carbocycles. The van der Waals surface area contributed by atoms with Crippen LogP contribution in [0.2, 0.25) is 0 Å². The molecule has 1 rings (SSSR count). The van der Waals surface area contributed by atoms with E-state index in [4.69, 9.17) is 5.11 Å². The molecule has 21 heavy (non-hydrogen) atoms. The van der Waals surface area contributed by atoms with Crippen LogP contribution < -0.4 is 5.32 Å². The lowest BCUT2D eigenvalue weighted by atomic mass is 9.95. The second-order valence-corrected chi connectivity index (χ2v) is 5.76. The second-order valence-electron chi connectivity index (χ2n) is 5.76. The molecule has 0 amide bonds. The number of rotatable bonds is 9. The number of carbonyl (C=O) groups is 1. The van der Waals surface area contributed by atoms with Crippen LogP contribution in [0.4, 0.5) is 0 Å². The van der Waals surface area contributed by atoms with Crippen LogP contribution in [0.3, 0.4) is 0 Å². The normalized spacial score (nSPS) is 14.1. The smallest absolute Gasteiger partial charge is 0.303 e. The minimum absolute atomic E-state index is 0.0581. The van der Waals surface area contributed by atoms with Crippen molar-refractivity contribution in [3.8, 4) is 0 Å². The molecular formula is C17H27NO3. The summed E-state index contributed by atoms with van der Waals surface area (Å²) in [5.74, 6) is -0.377. The number of carboxylic acid groups (broad SMARTS) is 1. The summed E-state index contributed by atoms with van der Waals surface area (Å²) in [5.41, 5.74) is 2.06. The van der Waals surface area contributed by atoms with Crippen LogP contribution in [0.1, 0.15) is 63.2 Å². The van der Waals surface area contributed by atoms with Gasteiger partial charge in [0.2, 0.25) is 0 Å². The summed E-state index contributed by atoms with van der Waals surface area (Å²) >= 11 is 0. The van der Waals surface area contributed by atoms with Crippen molar-refractivity contribution in [2.45, 2.75) is 58.1 Å². The predicted octanol–water partition coefficient (Wildman–Crippen LogP) is 3.08. The van der Waals surface area contributed by atoms with Crippen molar-refractivity contribution in [2.24, 2.45) is 0 Å². The Kier molecular flexibility index (Phi) is 7.40. The highest BCUT2D eigenvalue weighted by molar-refractivity contribution is 5.66. The molecule has 0 fully saturated rings. The molecule has 2 atom stereocenters. The van der Waals surface area contributed by atoms with Gasteiger partial charge in [-0.25, -0.2) is 0 Å². The Bertz CT molecular complexity index is 428. The number of carboxylic acids is 1. The summed E-state index contributed by atoms with van der Waals surface area (Å²) < 4.78 is 0. The van der Waals surface area contributed by atoms with Crippen LogP contribution >= 0.6 is 0 Å². The number of benzene rings is 1. The molecule has 4 nitrogen and oxygen atoms in total. The van der Waals surface area contributed by atoms with Crippen molar-refractivity contribution in [1.82, 2.24) is 5.32 Å². The predicted molar refractivity (Wildman–Crippen MR) is 84.4 cm³/mol. The number of hydrogen-bond donors (Lipinski definition) is 3. The van der Waals surface area contributed by atoms with Crippen LogP contribution in [0.25, 0.3) is 0 Å². The largest absolute Gasteiger partial charge is 0.481 e. The molecule has 0 aromatic heterocycles. The molecule has 0 aliphatic heterocycles. The van der Waals surface area contributed by atoms with Gasteiger partial charge in [0.1, 0.15) is 0 Å². The van der Waals surface area contributed by atoms with Crippen LogP contribution in [0.15, 0.2) is 24.3 Å². The van der Waals surface area contributed by atoms with Crippen LogP contribution in [-0.2, 0) is 4.79 Å². The van der Waals surface area contributed by atoms with E-state index in [0.29, 0.717) is 12.3 Å². The molecule has 3 N–H and O–H groups in total. The van der Waals surface area contributed by atoms with Gasteiger partial charge in [-0.3, -0.25) is 4.79 Å². The van der Waals surface area contributed by atoms with E-state index in [1.54, 1.807) is 0 Å². The monoisotopic (exact) mass is 293 g/mol. The third-order valence-electron chi connectivity index (χ3n) is 3.65. The number of hydrogen-bond acceptors (Lipinski definition) is 3. The zero-order valence-electron chi connectivity index (χ0n) is 13.2. The van der Waals surface area contributed by atoms with E-state index in [9.17, 15) is 9.90 Å². The van der Waals surface area contributed by atoms with Gasteiger partial charge in [-0.1, -0.05) is 45.0 Å². The molecular weight excluding hydrogens is 266 g/mol. The highest BCUT2D eigenvalue weighted by Gasteiger charge is 2.21. The molecule has 0 radical (unpaired) electrons. The molecule has 0 bridgehead atoms. The number of nitrogens with one attached hydrogen (secondary N) is 1. The van der Waals surface area contributed by atoms with Gasteiger partial charge < -0.3 is 15.5 Å². The standard InChI is InChI=1S/C17H27NO3/c1-4-11-18-15(9-10-16(19)20)17(21)14-7-5-13(6-8-14)12(2)3/h5-8,12,15,17-18,21H,4,9-11H2,1-3H3,(H,19,20). The molecule has 0 saturated heterocycles. The summed E-state index contributed by atoms with van der Waals surface area (Å²) in [4.78, 5) is 10.7. The molecule has 0 aliphatic rings. The first kappa shape index (κ1) is 17.7. The van der Waals surface area contributed by atoms with Gasteiger partial charge in [0.15, 0.2) is 0 Å². The van der Waals surface area contributed by atoms with Gasteiger partial charge >= 0.3 is 5.97 Å². The Morgan fingerprint density at radius 2 is 1.76 bits per heavy atom. The van der Waals surface area contributed by atoms with Gasteiger partial charge in [0, 0.05) is 12.5 Å². The van der Waals surface area contributed by atoms with Crippen molar-refractivity contribution in [2.75, 3.05) is 6.54 Å². The van der Waals surface area contributed by atoms with E-state index >= 15 is 0 Å². The number of aliphatic carboxylic acids is 1. The Morgan fingerprint density at radius 3 is 2.24 bits per heavy atom. The summed E-state index contributed by atoms with van der Waals surface area (Å²) in [5, 5.41) is 22.6. The zero-order valence-corrected chi connectivity index (χ0v) is 13.2. The highest BCUT2D eigenvalue weighted by Crippen LogP contribution is 2.23. The van der Waals surface area contributed by atoms with E-state index in [1.807, 2.05) is 31.2 Å². The molecule has 0 aliphatic carbocycles.